The number of hydrogen-bond acceptors (Lipinski definition) is 3. The van der Waals surface area contributed by atoms with E-state index in [1.807, 2.05) is 24.3 Å². The van der Waals surface area contributed by atoms with E-state index in [9.17, 15) is 0 Å². The van der Waals surface area contributed by atoms with E-state index < -0.39 is 21.8 Å². The van der Waals surface area contributed by atoms with E-state index >= 15 is 0 Å². The van der Waals surface area contributed by atoms with E-state index in [1.165, 1.54) is 33.1 Å². The SMILES string of the molecule is [2H]C([2H])([2H])c1ccc(-c2[c-]ccc3c2sc2c([Si](C)(C)C)cccc23)nc1.[2H]C([2H])([2H])c1ccc(-c2[c-]cccc2)nc1.[Ir]. The van der Waals surface area contributed by atoms with Crippen LogP contribution in [-0.4, -0.2) is 18.0 Å². The molecule has 0 amide bonds. The van der Waals surface area contributed by atoms with E-state index in [2.05, 4.69) is 66.0 Å². The maximum atomic E-state index is 7.53. The Balaban J connectivity index is 0.000000223. The zero-order chi connectivity index (χ0) is 31.0. The van der Waals surface area contributed by atoms with Crippen LogP contribution < -0.4 is 5.19 Å². The second-order valence-electron chi connectivity index (χ2n) is 9.77. The predicted octanol–water partition coefficient (Wildman–Crippen LogP) is 8.63. The molecule has 193 valence electrons. The molecule has 0 atom stereocenters. The van der Waals surface area contributed by atoms with Crippen LogP contribution in [0, 0.1) is 25.8 Å². The summed E-state index contributed by atoms with van der Waals surface area (Å²) in [7, 11) is -1.46. The van der Waals surface area contributed by atoms with E-state index in [-0.39, 0.29) is 31.2 Å². The molecule has 0 N–H and O–H groups in total. The van der Waals surface area contributed by atoms with Crippen molar-refractivity contribution in [3.8, 4) is 22.5 Å². The molecule has 0 aliphatic heterocycles. The summed E-state index contributed by atoms with van der Waals surface area (Å²) >= 11 is 1.80. The molecule has 2 nitrogen and oxygen atoms in total. The summed E-state index contributed by atoms with van der Waals surface area (Å²) in [6.07, 6.45) is 2.85. The fourth-order valence-corrected chi connectivity index (χ4v) is 7.90. The van der Waals surface area contributed by atoms with Crippen LogP contribution in [0.4, 0.5) is 0 Å². The molecule has 0 saturated carbocycles. The number of thiophene rings is 1. The Morgan fingerprint density at radius 2 is 1.42 bits per heavy atom. The van der Waals surface area contributed by atoms with Crippen molar-refractivity contribution in [1.29, 1.82) is 0 Å². The van der Waals surface area contributed by atoms with Gasteiger partial charge in [0.25, 0.3) is 0 Å². The fourth-order valence-electron chi connectivity index (χ4n) is 4.19. The molecule has 0 fully saturated rings. The van der Waals surface area contributed by atoms with Gasteiger partial charge in [0.15, 0.2) is 0 Å². The molecular weight excluding hydrogens is 677 g/mol. The summed E-state index contributed by atoms with van der Waals surface area (Å²) in [6, 6.07) is 31.2. The molecule has 0 aliphatic rings. The first kappa shape index (κ1) is 20.9. The smallest absolute Gasteiger partial charge is 0.0794 e. The van der Waals surface area contributed by atoms with Gasteiger partial charge in [-0.3, -0.25) is 0 Å². The van der Waals surface area contributed by atoms with Crippen molar-refractivity contribution in [3.63, 3.8) is 0 Å². The van der Waals surface area contributed by atoms with Crippen LogP contribution in [0.2, 0.25) is 19.6 Å². The molecular formula is C33H30IrN2SSi-2. The number of aromatic nitrogens is 2. The Labute approximate surface area is 252 Å². The van der Waals surface area contributed by atoms with Crippen LogP contribution in [0.3, 0.4) is 0 Å². The number of benzene rings is 3. The Hall–Kier alpha value is -2.95. The standard InChI is InChI=1S/C21H20NSSi.C12H10N.Ir/c1-14-11-12-18(22-13-14)17-9-5-7-15-16-8-6-10-19(24(2,3)4)21(16)23-20(15)17;1-10-7-8-12(13-9-10)11-5-3-2-4-6-11;/h5-8,10-13H,1-4H3;2-5,7-9H,1H3;/q2*-1;/i2*1D3;. The van der Waals surface area contributed by atoms with Crippen molar-refractivity contribution in [2.45, 2.75) is 33.3 Å². The second-order valence-corrected chi connectivity index (χ2v) is 15.8. The number of rotatable bonds is 3. The van der Waals surface area contributed by atoms with Crippen molar-refractivity contribution in [2.24, 2.45) is 0 Å². The van der Waals surface area contributed by atoms with E-state index in [1.54, 1.807) is 41.7 Å². The minimum Gasteiger partial charge on any atom is -0.304 e. The molecule has 0 aliphatic carbocycles. The van der Waals surface area contributed by atoms with Gasteiger partial charge in [-0.25, -0.2) is 0 Å². The Kier molecular flexibility index (Phi) is 6.52. The average molecular weight is 713 g/mol. The van der Waals surface area contributed by atoms with Gasteiger partial charge in [-0.2, -0.15) is 11.3 Å². The van der Waals surface area contributed by atoms with Crippen molar-refractivity contribution in [3.05, 3.63) is 115 Å². The number of hydrogen-bond donors (Lipinski definition) is 0. The van der Waals surface area contributed by atoms with Crippen LogP contribution >= 0.6 is 11.3 Å². The number of nitrogens with zero attached hydrogens (tertiary/aromatic N) is 2. The monoisotopic (exact) mass is 713 g/mol. The molecule has 0 bridgehead atoms. The van der Waals surface area contributed by atoms with Crippen LogP contribution in [0.15, 0.2) is 91.3 Å². The average Bonchev–Trinajstić information content (AvgIpc) is 3.36. The van der Waals surface area contributed by atoms with E-state index in [4.69, 9.17) is 8.22 Å². The number of aryl methyl sites for hydroxylation is 2. The van der Waals surface area contributed by atoms with Crippen molar-refractivity contribution in [2.75, 3.05) is 0 Å². The maximum Gasteiger partial charge on any atom is 0.0794 e. The Morgan fingerprint density at radius 3 is 2.03 bits per heavy atom. The van der Waals surface area contributed by atoms with Gasteiger partial charge in [-0.15, -0.1) is 59.7 Å². The first-order valence-corrected chi connectivity index (χ1v) is 16.3. The van der Waals surface area contributed by atoms with Crippen molar-refractivity contribution >= 4 is 44.8 Å². The molecule has 0 saturated heterocycles. The summed E-state index contributed by atoms with van der Waals surface area (Å²) in [5, 5.41) is 3.97. The molecule has 6 aromatic rings. The number of pyridine rings is 2. The summed E-state index contributed by atoms with van der Waals surface area (Å²) in [5.74, 6) is 0. The summed E-state index contributed by atoms with van der Waals surface area (Å²) in [6.45, 7) is 2.88. The molecule has 0 unspecified atom stereocenters. The predicted molar refractivity (Wildman–Crippen MR) is 162 cm³/mol. The summed E-state index contributed by atoms with van der Waals surface area (Å²) in [5.41, 5.74) is 3.80. The van der Waals surface area contributed by atoms with Gasteiger partial charge in [0, 0.05) is 45.4 Å². The molecule has 38 heavy (non-hydrogen) atoms. The van der Waals surface area contributed by atoms with Crippen molar-refractivity contribution in [1.82, 2.24) is 9.97 Å². The Morgan fingerprint density at radius 1 is 0.711 bits per heavy atom. The van der Waals surface area contributed by atoms with Gasteiger partial charge >= 0.3 is 0 Å². The van der Waals surface area contributed by atoms with Crippen LogP contribution in [-0.2, 0) is 20.1 Å². The minimum absolute atomic E-state index is 0. The molecule has 3 heterocycles. The fraction of sp³-hybridized carbons (Fsp3) is 0.152. The summed E-state index contributed by atoms with van der Waals surface area (Å²) in [4.78, 5) is 8.56. The second kappa shape index (κ2) is 11.8. The molecule has 3 aromatic heterocycles. The van der Waals surface area contributed by atoms with E-state index in [0.717, 1.165) is 27.2 Å². The molecule has 5 heteroatoms. The molecule has 0 spiro atoms. The van der Waals surface area contributed by atoms with Crippen LogP contribution in [0.25, 0.3) is 42.7 Å². The third kappa shape index (κ3) is 6.03. The minimum atomic E-state index is -2.13. The topological polar surface area (TPSA) is 25.8 Å². The molecule has 3 aromatic carbocycles. The normalized spacial score (nSPS) is 14.1. The quantitative estimate of drug-likeness (QED) is 0.136. The Bertz CT molecular complexity index is 1860. The molecule has 1 radical (unpaired) electrons. The van der Waals surface area contributed by atoms with Gasteiger partial charge in [0.05, 0.1) is 8.07 Å². The van der Waals surface area contributed by atoms with Gasteiger partial charge in [-0.05, 0) is 51.5 Å². The first-order valence-electron chi connectivity index (χ1n) is 15.0. The van der Waals surface area contributed by atoms with Gasteiger partial charge in [0.2, 0.25) is 0 Å². The van der Waals surface area contributed by atoms with Gasteiger partial charge < -0.3 is 9.97 Å². The summed E-state index contributed by atoms with van der Waals surface area (Å²) < 4.78 is 46.8. The van der Waals surface area contributed by atoms with Gasteiger partial charge in [-0.1, -0.05) is 67.5 Å². The van der Waals surface area contributed by atoms with Gasteiger partial charge in [0.1, 0.15) is 0 Å². The molecule has 6 rings (SSSR count). The van der Waals surface area contributed by atoms with E-state index in [0.29, 0.717) is 0 Å². The first-order chi connectivity index (χ1) is 20.2. The zero-order valence-electron chi connectivity index (χ0n) is 27.3. The number of fused-ring (bicyclic) bond motifs is 3. The maximum absolute atomic E-state index is 7.53. The van der Waals surface area contributed by atoms with Crippen LogP contribution in [0.1, 0.15) is 19.4 Å². The van der Waals surface area contributed by atoms with Crippen molar-refractivity contribution < 1.29 is 28.3 Å². The zero-order valence-corrected chi connectivity index (χ0v) is 25.5. The third-order valence-electron chi connectivity index (χ3n) is 6.03. The van der Waals surface area contributed by atoms with Crippen LogP contribution in [0.5, 0.6) is 0 Å². The third-order valence-corrected chi connectivity index (χ3v) is 9.52. The largest absolute Gasteiger partial charge is 0.304 e.